The van der Waals surface area contributed by atoms with Crippen LogP contribution in [-0.4, -0.2) is 38.9 Å². The number of rotatable bonds is 7. The molecule has 1 heterocycles. The molecule has 0 amide bonds. The lowest BCUT2D eigenvalue weighted by molar-refractivity contribution is 0.0213. The van der Waals surface area contributed by atoms with Gasteiger partial charge >= 0.3 is 8.56 Å². The van der Waals surface area contributed by atoms with E-state index in [1.54, 1.807) is 0 Å². The van der Waals surface area contributed by atoms with Gasteiger partial charge in [-0.2, -0.15) is 0 Å². The van der Waals surface area contributed by atoms with E-state index in [1.807, 2.05) is 0 Å². The fourth-order valence-electron chi connectivity index (χ4n) is 3.42. The molecule has 1 aromatic rings. The molecule has 0 bridgehead atoms. The van der Waals surface area contributed by atoms with Gasteiger partial charge in [-0.3, -0.25) is 4.90 Å². The Morgan fingerprint density at radius 2 is 1.75 bits per heavy atom. The predicted molar refractivity (Wildman–Crippen MR) is 84.7 cm³/mol. The molecule has 0 saturated carbocycles. The van der Waals surface area contributed by atoms with Crippen LogP contribution in [0.25, 0.3) is 0 Å². The minimum atomic E-state index is -2.12. The molecular formula is C16H27NO2Si. The van der Waals surface area contributed by atoms with Crippen LogP contribution in [0.5, 0.6) is 0 Å². The van der Waals surface area contributed by atoms with E-state index in [4.69, 9.17) is 8.85 Å². The van der Waals surface area contributed by atoms with Crippen LogP contribution in [0, 0.1) is 5.92 Å². The maximum absolute atomic E-state index is 6.09. The zero-order valence-corrected chi connectivity index (χ0v) is 14.1. The largest absolute Gasteiger partial charge is 0.394 e. The van der Waals surface area contributed by atoms with Crippen molar-refractivity contribution in [2.75, 3.05) is 19.8 Å². The molecule has 2 rings (SSSR count). The van der Waals surface area contributed by atoms with Crippen LogP contribution in [-0.2, 0) is 15.4 Å². The lowest BCUT2D eigenvalue weighted by atomic mass is 10.0. The second kappa shape index (κ2) is 6.85. The zero-order chi connectivity index (χ0) is 14.6. The molecule has 1 aliphatic rings. The van der Waals surface area contributed by atoms with E-state index in [2.05, 4.69) is 62.5 Å². The van der Waals surface area contributed by atoms with E-state index >= 15 is 0 Å². The molecule has 0 radical (unpaired) electrons. The van der Waals surface area contributed by atoms with E-state index in [-0.39, 0.29) is 0 Å². The van der Waals surface area contributed by atoms with Gasteiger partial charge in [0.25, 0.3) is 0 Å². The van der Waals surface area contributed by atoms with Gasteiger partial charge in [0.05, 0.1) is 5.67 Å². The third-order valence-electron chi connectivity index (χ3n) is 4.08. The molecule has 2 unspecified atom stereocenters. The third kappa shape index (κ3) is 3.31. The van der Waals surface area contributed by atoms with Crippen molar-refractivity contribution in [3.63, 3.8) is 0 Å². The molecule has 1 aliphatic heterocycles. The highest BCUT2D eigenvalue weighted by Crippen LogP contribution is 2.34. The van der Waals surface area contributed by atoms with Gasteiger partial charge in [0, 0.05) is 26.3 Å². The van der Waals surface area contributed by atoms with Gasteiger partial charge in [-0.15, -0.1) is 0 Å². The number of hydrogen-bond acceptors (Lipinski definition) is 3. The summed E-state index contributed by atoms with van der Waals surface area (Å²) in [5, 5.41) is 0. The first kappa shape index (κ1) is 15.7. The Labute approximate surface area is 124 Å². The number of benzene rings is 1. The van der Waals surface area contributed by atoms with Gasteiger partial charge in [-0.05, 0) is 31.9 Å². The highest BCUT2D eigenvalue weighted by molar-refractivity contribution is 6.68. The fourth-order valence-corrected chi connectivity index (χ4v) is 6.99. The van der Waals surface area contributed by atoms with E-state index in [0.29, 0.717) is 11.6 Å². The van der Waals surface area contributed by atoms with Crippen molar-refractivity contribution in [1.29, 1.82) is 0 Å². The summed E-state index contributed by atoms with van der Waals surface area (Å²) < 4.78 is 12.2. The SMILES string of the molecule is CCO[Si](C)(OCC)C1C(C)CN1Cc1ccccc1. The maximum Gasteiger partial charge on any atom is 0.353 e. The normalized spacial score (nSPS) is 23.6. The van der Waals surface area contributed by atoms with Gasteiger partial charge < -0.3 is 8.85 Å². The van der Waals surface area contributed by atoms with Crippen LogP contribution < -0.4 is 0 Å². The van der Waals surface area contributed by atoms with Crippen LogP contribution in [0.15, 0.2) is 30.3 Å². The topological polar surface area (TPSA) is 21.7 Å². The Kier molecular flexibility index (Phi) is 5.38. The summed E-state index contributed by atoms with van der Waals surface area (Å²) in [5.41, 5.74) is 1.83. The molecule has 0 spiro atoms. The molecule has 4 heteroatoms. The van der Waals surface area contributed by atoms with Gasteiger partial charge in [0.15, 0.2) is 0 Å². The lowest BCUT2D eigenvalue weighted by Crippen LogP contribution is -2.69. The third-order valence-corrected chi connectivity index (χ3v) is 7.81. The van der Waals surface area contributed by atoms with Crippen molar-refractivity contribution >= 4 is 8.56 Å². The molecule has 0 N–H and O–H groups in total. The molecule has 1 fully saturated rings. The van der Waals surface area contributed by atoms with Gasteiger partial charge in [-0.1, -0.05) is 37.3 Å². The fraction of sp³-hybridized carbons (Fsp3) is 0.625. The summed E-state index contributed by atoms with van der Waals surface area (Å²) in [6, 6.07) is 10.7. The van der Waals surface area contributed by atoms with Crippen LogP contribution in [0.1, 0.15) is 26.3 Å². The summed E-state index contributed by atoms with van der Waals surface area (Å²) in [4.78, 5) is 2.53. The first-order valence-corrected chi connectivity index (χ1v) is 10.1. The molecule has 112 valence electrons. The van der Waals surface area contributed by atoms with Crippen molar-refractivity contribution in [2.45, 2.75) is 39.5 Å². The van der Waals surface area contributed by atoms with Crippen molar-refractivity contribution in [3.8, 4) is 0 Å². The zero-order valence-electron chi connectivity index (χ0n) is 13.1. The smallest absolute Gasteiger partial charge is 0.353 e. The number of nitrogens with zero attached hydrogens (tertiary/aromatic N) is 1. The number of likely N-dealkylation sites (tertiary alicyclic amines) is 1. The Morgan fingerprint density at radius 1 is 1.15 bits per heavy atom. The molecule has 0 aliphatic carbocycles. The average Bonchev–Trinajstić information content (AvgIpc) is 2.39. The Bertz CT molecular complexity index is 406. The lowest BCUT2D eigenvalue weighted by Gasteiger charge is -2.52. The Morgan fingerprint density at radius 3 is 2.25 bits per heavy atom. The van der Waals surface area contributed by atoms with E-state index in [9.17, 15) is 0 Å². The molecule has 3 nitrogen and oxygen atoms in total. The monoisotopic (exact) mass is 293 g/mol. The summed E-state index contributed by atoms with van der Waals surface area (Å²) in [5.74, 6) is 0.661. The highest BCUT2D eigenvalue weighted by Gasteiger charge is 2.52. The van der Waals surface area contributed by atoms with E-state index in [1.165, 1.54) is 5.56 Å². The molecule has 1 aromatic carbocycles. The van der Waals surface area contributed by atoms with Crippen LogP contribution in [0.4, 0.5) is 0 Å². The van der Waals surface area contributed by atoms with Gasteiger partial charge in [0.1, 0.15) is 0 Å². The summed E-state index contributed by atoms with van der Waals surface area (Å²) >= 11 is 0. The van der Waals surface area contributed by atoms with Gasteiger partial charge in [0.2, 0.25) is 0 Å². The second-order valence-corrected chi connectivity index (χ2v) is 8.92. The second-order valence-electron chi connectivity index (χ2n) is 5.72. The highest BCUT2D eigenvalue weighted by atomic mass is 28.4. The Hall–Kier alpha value is -0.683. The minimum Gasteiger partial charge on any atom is -0.394 e. The maximum atomic E-state index is 6.09. The Balaban J connectivity index is 2.08. The first-order valence-electron chi connectivity index (χ1n) is 7.66. The van der Waals surface area contributed by atoms with Crippen LogP contribution >= 0.6 is 0 Å². The van der Waals surface area contributed by atoms with Crippen molar-refractivity contribution < 1.29 is 8.85 Å². The summed E-state index contributed by atoms with van der Waals surface area (Å²) in [6.07, 6.45) is 0. The number of hydrogen-bond donors (Lipinski definition) is 0. The van der Waals surface area contributed by atoms with Crippen LogP contribution in [0.3, 0.4) is 0 Å². The van der Waals surface area contributed by atoms with Crippen molar-refractivity contribution in [1.82, 2.24) is 4.90 Å². The minimum absolute atomic E-state index is 0.461. The molecule has 2 atom stereocenters. The molecule has 20 heavy (non-hydrogen) atoms. The van der Waals surface area contributed by atoms with Crippen molar-refractivity contribution in [2.24, 2.45) is 5.92 Å². The summed E-state index contributed by atoms with van der Waals surface area (Å²) in [7, 11) is -2.12. The van der Waals surface area contributed by atoms with Crippen LogP contribution in [0.2, 0.25) is 6.55 Å². The molecular weight excluding hydrogens is 266 g/mol. The van der Waals surface area contributed by atoms with E-state index in [0.717, 1.165) is 26.3 Å². The molecule has 0 aromatic heterocycles. The molecule has 1 saturated heterocycles. The quantitative estimate of drug-likeness (QED) is 0.721. The first-order chi connectivity index (χ1) is 9.60. The summed E-state index contributed by atoms with van der Waals surface area (Å²) in [6.45, 7) is 12.3. The van der Waals surface area contributed by atoms with Crippen molar-refractivity contribution in [3.05, 3.63) is 35.9 Å². The van der Waals surface area contributed by atoms with Gasteiger partial charge in [-0.25, -0.2) is 0 Å². The predicted octanol–water partition coefficient (Wildman–Crippen LogP) is 3.19. The standard InChI is InChI=1S/C16H27NO2Si/c1-5-18-20(4,19-6-2)16-14(3)12-17(16)13-15-10-8-7-9-11-15/h7-11,14,16H,5-6,12-13H2,1-4H3. The average molecular weight is 293 g/mol. The van der Waals surface area contributed by atoms with E-state index < -0.39 is 8.56 Å².